The number of aliphatic hydroxyl groups excluding tert-OH is 1. The van der Waals surface area contributed by atoms with E-state index in [1.807, 2.05) is 48.5 Å². The van der Waals surface area contributed by atoms with Crippen molar-refractivity contribution in [2.75, 3.05) is 11.9 Å². The molecule has 1 aromatic heterocycles. The molecule has 0 aliphatic heterocycles. The lowest BCUT2D eigenvalue weighted by atomic mass is 10.1. The number of aldehydes is 1. The van der Waals surface area contributed by atoms with Crippen molar-refractivity contribution in [2.45, 2.75) is 6.10 Å². The molecule has 0 bridgehead atoms. The number of carbonyl (C=O) groups excluding carboxylic acids is 1. The van der Waals surface area contributed by atoms with E-state index in [0.29, 0.717) is 17.9 Å². The van der Waals surface area contributed by atoms with Crippen LogP contribution in [0, 0.1) is 0 Å². The Morgan fingerprint density at radius 3 is 2.50 bits per heavy atom. The highest BCUT2D eigenvalue weighted by molar-refractivity contribution is 5.76. The Hall–Kier alpha value is -3.05. The van der Waals surface area contributed by atoms with Gasteiger partial charge in [-0.1, -0.05) is 54.6 Å². The third-order valence-electron chi connectivity index (χ3n) is 3.67. The van der Waals surface area contributed by atoms with Gasteiger partial charge in [0.2, 0.25) is 0 Å². The fourth-order valence-corrected chi connectivity index (χ4v) is 2.34. The van der Waals surface area contributed by atoms with Gasteiger partial charge in [0.25, 0.3) is 0 Å². The van der Waals surface area contributed by atoms with Crippen LogP contribution in [-0.2, 0) is 0 Å². The minimum absolute atomic E-state index is 0.352. The van der Waals surface area contributed by atoms with E-state index in [1.54, 1.807) is 12.1 Å². The molecular weight excluding hydrogens is 302 g/mol. The minimum Gasteiger partial charge on any atom is -0.387 e. The Kier molecular flexibility index (Phi) is 4.93. The topological polar surface area (TPSA) is 75.1 Å². The van der Waals surface area contributed by atoms with Gasteiger partial charge in [0, 0.05) is 23.7 Å². The monoisotopic (exact) mass is 319 g/mol. The lowest BCUT2D eigenvalue weighted by Gasteiger charge is -2.13. The van der Waals surface area contributed by atoms with Gasteiger partial charge in [0.05, 0.1) is 11.8 Å². The van der Waals surface area contributed by atoms with Crippen LogP contribution in [0.15, 0.2) is 67.0 Å². The van der Waals surface area contributed by atoms with E-state index in [-0.39, 0.29) is 0 Å². The van der Waals surface area contributed by atoms with Gasteiger partial charge in [-0.25, -0.2) is 9.97 Å². The number of carbonyl (C=O) groups is 1. The van der Waals surface area contributed by atoms with Crippen molar-refractivity contribution < 1.29 is 9.90 Å². The molecule has 0 aliphatic rings. The first-order valence-electron chi connectivity index (χ1n) is 7.61. The molecule has 0 aliphatic carbocycles. The summed E-state index contributed by atoms with van der Waals surface area (Å²) < 4.78 is 0. The van der Waals surface area contributed by atoms with E-state index in [2.05, 4.69) is 15.3 Å². The van der Waals surface area contributed by atoms with Gasteiger partial charge in [0.15, 0.2) is 0 Å². The zero-order chi connectivity index (χ0) is 16.8. The second-order valence-corrected chi connectivity index (χ2v) is 5.34. The molecule has 0 spiro atoms. The van der Waals surface area contributed by atoms with Gasteiger partial charge < -0.3 is 10.4 Å². The number of aliphatic hydroxyl groups is 1. The Balaban J connectivity index is 1.70. The SMILES string of the molecule is O=Cc1ccc(-c2cc(NC[C@H](O)c3ccccc3)ncn2)cc1. The summed E-state index contributed by atoms with van der Waals surface area (Å²) in [4.78, 5) is 19.1. The summed E-state index contributed by atoms with van der Waals surface area (Å²) in [5.41, 5.74) is 3.12. The first kappa shape index (κ1) is 15.8. The fourth-order valence-electron chi connectivity index (χ4n) is 2.34. The van der Waals surface area contributed by atoms with Crippen LogP contribution in [0.4, 0.5) is 5.82 Å². The van der Waals surface area contributed by atoms with Gasteiger partial charge in [-0.15, -0.1) is 0 Å². The molecule has 120 valence electrons. The van der Waals surface area contributed by atoms with Crippen LogP contribution in [0.3, 0.4) is 0 Å². The van der Waals surface area contributed by atoms with E-state index < -0.39 is 6.10 Å². The average molecular weight is 319 g/mol. The summed E-state index contributed by atoms with van der Waals surface area (Å²) in [5.74, 6) is 0.634. The molecule has 0 radical (unpaired) electrons. The largest absolute Gasteiger partial charge is 0.387 e. The Bertz CT molecular complexity index is 804. The maximum atomic E-state index is 10.7. The number of benzene rings is 2. The molecule has 3 aromatic rings. The summed E-state index contributed by atoms with van der Waals surface area (Å²) in [6.07, 6.45) is 1.67. The number of nitrogens with zero attached hydrogens (tertiary/aromatic N) is 2. The van der Waals surface area contributed by atoms with Crippen molar-refractivity contribution in [1.29, 1.82) is 0 Å². The quantitative estimate of drug-likeness (QED) is 0.683. The summed E-state index contributed by atoms with van der Waals surface area (Å²) in [5, 5.41) is 13.3. The van der Waals surface area contributed by atoms with Gasteiger partial charge in [-0.3, -0.25) is 4.79 Å². The van der Waals surface area contributed by atoms with E-state index >= 15 is 0 Å². The number of anilines is 1. The Morgan fingerprint density at radius 2 is 1.79 bits per heavy atom. The van der Waals surface area contributed by atoms with Crippen LogP contribution in [-0.4, -0.2) is 27.9 Å². The van der Waals surface area contributed by atoms with Crippen molar-refractivity contribution in [3.63, 3.8) is 0 Å². The zero-order valence-electron chi connectivity index (χ0n) is 13.0. The summed E-state index contributed by atoms with van der Waals surface area (Å²) in [6, 6.07) is 18.5. The molecule has 0 fully saturated rings. The first-order chi connectivity index (χ1) is 11.8. The van der Waals surface area contributed by atoms with Crippen LogP contribution in [0.25, 0.3) is 11.3 Å². The number of aromatic nitrogens is 2. The first-order valence-corrected chi connectivity index (χ1v) is 7.61. The molecule has 0 saturated carbocycles. The van der Waals surface area contributed by atoms with Gasteiger partial charge in [-0.05, 0) is 5.56 Å². The Labute approximate surface area is 140 Å². The number of hydrogen-bond donors (Lipinski definition) is 2. The van der Waals surface area contributed by atoms with Gasteiger partial charge >= 0.3 is 0 Å². The van der Waals surface area contributed by atoms with Crippen LogP contribution in [0.2, 0.25) is 0 Å². The van der Waals surface area contributed by atoms with Crippen molar-refractivity contribution in [3.8, 4) is 11.3 Å². The van der Waals surface area contributed by atoms with Crippen LogP contribution in [0.1, 0.15) is 22.0 Å². The average Bonchev–Trinajstić information content (AvgIpc) is 2.67. The summed E-state index contributed by atoms with van der Waals surface area (Å²) >= 11 is 0. The molecule has 0 amide bonds. The molecular formula is C19H17N3O2. The van der Waals surface area contributed by atoms with E-state index in [4.69, 9.17) is 0 Å². The third kappa shape index (κ3) is 3.83. The lowest BCUT2D eigenvalue weighted by Crippen LogP contribution is -2.13. The summed E-state index contributed by atoms with van der Waals surface area (Å²) in [7, 11) is 0. The summed E-state index contributed by atoms with van der Waals surface area (Å²) in [6.45, 7) is 0.352. The predicted octanol–water partition coefficient (Wildman–Crippen LogP) is 3.10. The predicted molar refractivity (Wildman–Crippen MR) is 92.7 cm³/mol. The van der Waals surface area contributed by atoms with Crippen LogP contribution < -0.4 is 5.32 Å². The van der Waals surface area contributed by atoms with Gasteiger partial charge in [-0.2, -0.15) is 0 Å². The molecule has 1 heterocycles. The zero-order valence-corrected chi connectivity index (χ0v) is 13.0. The molecule has 2 N–H and O–H groups in total. The Morgan fingerprint density at radius 1 is 1.04 bits per heavy atom. The maximum absolute atomic E-state index is 10.7. The second kappa shape index (κ2) is 7.48. The van der Waals surface area contributed by atoms with E-state index in [0.717, 1.165) is 23.1 Å². The molecule has 0 unspecified atom stereocenters. The molecule has 3 rings (SSSR count). The van der Waals surface area contributed by atoms with Crippen molar-refractivity contribution in [2.24, 2.45) is 0 Å². The molecule has 5 nitrogen and oxygen atoms in total. The highest BCUT2D eigenvalue weighted by Crippen LogP contribution is 2.20. The van der Waals surface area contributed by atoms with E-state index in [1.165, 1.54) is 6.33 Å². The molecule has 0 saturated heterocycles. The molecule has 1 atom stereocenters. The molecule has 2 aromatic carbocycles. The highest BCUT2D eigenvalue weighted by atomic mass is 16.3. The molecule has 24 heavy (non-hydrogen) atoms. The smallest absolute Gasteiger partial charge is 0.150 e. The number of hydrogen-bond acceptors (Lipinski definition) is 5. The number of nitrogens with one attached hydrogen (secondary N) is 1. The molecule has 5 heteroatoms. The van der Waals surface area contributed by atoms with Crippen molar-refractivity contribution in [1.82, 2.24) is 9.97 Å². The third-order valence-corrected chi connectivity index (χ3v) is 3.67. The van der Waals surface area contributed by atoms with Crippen molar-refractivity contribution >= 4 is 12.1 Å². The standard InChI is InChI=1S/C19H17N3O2/c23-12-14-6-8-15(9-7-14)17-10-19(22-13-21-17)20-11-18(24)16-4-2-1-3-5-16/h1-10,12-13,18,24H,11H2,(H,20,21,22)/t18-/m0/s1. The lowest BCUT2D eigenvalue weighted by molar-refractivity contribution is 0.112. The van der Waals surface area contributed by atoms with Crippen molar-refractivity contribution in [3.05, 3.63) is 78.1 Å². The second-order valence-electron chi connectivity index (χ2n) is 5.34. The normalized spacial score (nSPS) is 11.7. The van der Waals surface area contributed by atoms with Crippen LogP contribution >= 0.6 is 0 Å². The highest BCUT2D eigenvalue weighted by Gasteiger charge is 2.08. The fraction of sp³-hybridized carbons (Fsp3) is 0.105. The van der Waals surface area contributed by atoms with Crippen LogP contribution in [0.5, 0.6) is 0 Å². The minimum atomic E-state index is -0.614. The maximum Gasteiger partial charge on any atom is 0.150 e. The number of rotatable bonds is 6. The van der Waals surface area contributed by atoms with E-state index in [9.17, 15) is 9.90 Å². The van der Waals surface area contributed by atoms with Gasteiger partial charge in [0.1, 0.15) is 18.4 Å².